The Labute approximate surface area is 109 Å². The van der Waals surface area contributed by atoms with E-state index in [0.29, 0.717) is 6.04 Å². The normalized spacial score (nSPS) is 29.2. The van der Waals surface area contributed by atoms with E-state index in [2.05, 4.69) is 35.3 Å². The van der Waals surface area contributed by atoms with Gasteiger partial charge in [0.25, 0.3) is 0 Å². The van der Waals surface area contributed by atoms with Crippen molar-refractivity contribution in [2.24, 2.45) is 11.8 Å². The van der Waals surface area contributed by atoms with Gasteiger partial charge in [0.15, 0.2) is 0 Å². The molecule has 0 spiro atoms. The van der Waals surface area contributed by atoms with E-state index in [-0.39, 0.29) is 0 Å². The molecule has 2 aliphatic heterocycles. The zero-order valence-electron chi connectivity index (χ0n) is 11.2. The van der Waals surface area contributed by atoms with Gasteiger partial charge in [-0.3, -0.25) is 4.90 Å². The zero-order valence-corrected chi connectivity index (χ0v) is 11.2. The van der Waals surface area contributed by atoms with Crippen molar-refractivity contribution in [1.29, 1.82) is 0 Å². The van der Waals surface area contributed by atoms with Crippen molar-refractivity contribution in [3.05, 3.63) is 29.8 Å². The highest BCUT2D eigenvalue weighted by Gasteiger charge is 2.38. The molecule has 0 amide bonds. The van der Waals surface area contributed by atoms with E-state index in [4.69, 9.17) is 4.74 Å². The minimum Gasteiger partial charge on any atom is -0.496 e. The first-order valence-electron chi connectivity index (χ1n) is 6.87. The smallest absolute Gasteiger partial charge is 0.123 e. The molecule has 2 saturated heterocycles. The summed E-state index contributed by atoms with van der Waals surface area (Å²) in [5.74, 6) is 2.71. The first-order valence-corrected chi connectivity index (χ1v) is 6.87. The Morgan fingerprint density at radius 2 is 1.89 bits per heavy atom. The maximum Gasteiger partial charge on any atom is 0.123 e. The number of likely N-dealkylation sites (tertiary alicyclic amines) is 1. The second kappa shape index (κ2) is 4.90. The molecule has 3 atom stereocenters. The van der Waals surface area contributed by atoms with Gasteiger partial charge in [-0.1, -0.05) is 18.2 Å². The Morgan fingerprint density at radius 3 is 2.56 bits per heavy atom. The van der Waals surface area contributed by atoms with Gasteiger partial charge in [-0.05, 0) is 37.9 Å². The molecule has 2 heterocycles. The van der Waals surface area contributed by atoms with Crippen LogP contribution in [0.5, 0.6) is 5.75 Å². The Hall–Kier alpha value is -1.06. The number of para-hydroxylation sites is 1. The summed E-state index contributed by atoms with van der Waals surface area (Å²) in [6.45, 7) is 7.12. The number of hydrogen-bond donors (Lipinski definition) is 1. The van der Waals surface area contributed by atoms with Gasteiger partial charge in [-0.2, -0.15) is 0 Å². The SMILES string of the molecule is COc1ccccc1C(C)N1C[C@H]2CNC[C@H]2C1. The molecular formula is C15H22N2O. The molecule has 1 N–H and O–H groups in total. The summed E-state index contributed by atoms with van der Waals surface area (Å²) in [5, 5.41) is 3.49. The molecule has 18 heavy (non-hydrogen) atoms. The highest BCUT2D eigenvalue weighted by atomic mass is 16.5. The molecule has 0 radical (unpaired) electrons. The first-order chi connectivity index (χ1) is 8.79. The Balaban J connectivity index is 1.76. The lowest BCUT2D eigenvalue weighted by Crippen LogP contribution is -2.28. The molecule has 1 aromatic rings. The number of nitrogens with one attached hydrogen (secondary N) is 1. The van der Waals surface area contributed by atoms with Crippen LogP contribution in [0.4, 0.5) is 0 Å². The summed E-state index contributed by atoms with van der Waals surface area (Å²) in [5.41, 5.74) is 1.31. The third-order valence-corrected chi connectivity index (χ3v) is 4.55. The number of fused-ring (bicyclic) bond motifs is 1. The molecule has 2 fully saturated rings. The van der Waals surface area contributed by atoms with E-state index in [1.54, 1.807) is 7.11 Å². The van der Waals surface area contributed by atoms with Crippen molar-refractivity contribution in [3.8, 4) is 5.75 Å². The maximum absolute atomic E-state index is 5.48. The van der Waals surface area contributed by atoms with Gasteiger partial charge in [-0.15, -0.1) is 0 Å². The topological polar surface area (TPSA) is 24.5 Å². The van der Waals surface area contributed by atoms with Crippen LogP contribution in [0.3, 0.4) is 0 Å². The van der Waals surface area contributed by atoms with Crippen LogP contribution in [0, 0.1) is 11.8 Å². The fourth-order valence-corrected chi connectivity index (χ4v) is 3.42. The average Bonchev–Trinajstić information content (AvgIpc) is 2.98. The van der Waals surface area contributed by atoms with Crippen LogP contribution in [0.15, 0.2) is 24.3 Å². The molecule has 98 valence electrons. The van der Waals surface area contributed by atoms with Crippen LogP contribution in [-0.2, 0) is 0 Å². The molecule has 3 rings (SSSR count). The molecule has 2 aliphatic rings. The number of benzene rings is 1. The Morgan fingerprint density at radius 1 is 1.22 bits per heavy atom. The Bertz CT molecular complexity index is 409. The van der Waals surface area contributed by atoms with Gasteiger partial charge in [-0.25, -0.2) is 0 Å². The van der Waals surface area contributed by atoms with Gasteiger partial charge < -0.3 is 10.1 Å². The summed E-state index contributed by atoms with van der Waals surface area (Å²) in [6.07, 6.45) is 0. The lowest BCUT2D eigenvalue weighted by molar-refractivity contribution is 0.238. The number of hydrogen-bond acceptors (Lipinski definition) is 3. The largest absolute Gasteiger partial charge is 0.496 e. The van der Waals surface area contributed by atoms with Gasteiger partial charge in [0.1, 0.15) is 5.75 Å². The summed E-state index contributed by atoms with van der Waals surface area (Å²) in [7, 11) is 1.76. The van der Waals surface area contributed by atoms with Gasteiger partial charge in [0.05, 0.1) is 7.11 Å². The second-order valence-electron chi connectivity index (χ2n) is 5.55. The number of nitrogens with zero attached hydrogens (tertiary/aromatic N) is 1. The fourth-order valence-electron chi connectivity index (χ4n) is 3.42. The third kappa shape index (κ3) is 2.02. The van der Waals surface area contributed by atoms with E-state index in [9.17, 15) is 0 Å². The summed E-state index contributed by atoms with van der Waals surface area (Å²) in [4.78, 5) is 2.61. The van der Waals surface area contributed by atoms with Crippen LogP contribution < -0.4 is 10.1 Å². The highest BCUT2D eigenvalue weighted by molar-refractivity contribution is 5.35. The maximum atomic E-state index is 5.48. The molecule has 0 saturated carbocycles. The van der Waals surface area contributed by atoms with E-state index >= 15 is 0 Å². The standard InChI is InChI=1S/C15H22N2O/c1-11(14-5-3-4-6-15(14)18-2)17-9-12-7-16-8-13(12)10-17/h3-6,11-13,16H,7-10H2,1-2H3/t11?,12-,13+. The van der Waals surface area contributed by atoms with Gasteiger partial charge in [0, 0.05) is 24.7 Å². The van der Waals surface area contributed by atoms with Crippen molar-refractivity contribution < 1.29 is 4.74 Å². The Kier molecular flexibility index (Phi) is 3.27. The molecule has 3 heteroatoms. The van der Waals surface area contributed by atoms with Gasteiger partial charge in [0.2, 0.25) is 0 Å². The van der Waals surface area contributed by atoms with Crippen molar-refractivity contribution in [3.63, 3.8) is 0 Å². The molecular weight excluding hydrogens is 224 g/mol. The van der Waals surface area contributed by atoms with Crippen molar-refractivity contribution >= 4 is 0 Å². The number of rotatable bonds is 3. The number of ether oxygens (including phenoxy) is 1. The predicted molar refractivity (Wildman–Crippen MR) is 72.8 cm³/mol. The summed E-state index contributed by atoms with van der Waals surface area (Å²) < 4.78 is 5.48. The van der Waals surface area contributed by atoms with Gasteiger partial charge >= 0.3 is 0 Å². The quantitative estimate of drug-likeness (QED) is 0.881. The van der Waals surface area contributed by atoms with E-state index in [1.807, 2.05) is 6.07 Å². The van der Waals surface area contributed by atoms with Crippen molar-refractivity contribution in [1.82, 2.24) is 10.2 Å². The highest BCUT2D eigenvalue weighted by Crippen LogP contribution is 2.35. The third-order valence-electron chi connectivity index (χ3n) is 4.55. The molecule has 0 bridgehead atoms. The molecule has 1 unspecified atom stereocenters. The van der Waals surface area contributed by atoms with Crippen molar-refractivity contribution in [2.45, 2.75) is 13.0 Å². The second-order valence-corrected chi connectivity index (χ2v) is 5.55. The first kappa shape index (κ1) is 12.0. The van der Waals surface area contributed by atoms with E-state index in [0.717, 1.165) is 17.6 Å². The summed E-state index contributed by atoms with van der Waals surface area (Å²) in [6, 6.07) is 8.84. The monoisotopic (exact) mass is 246 g/mol. The van der Waals surface area contributed by atoms with Crippen LogP contribution in [0.25, 0.3) is 0 Å². The van der Waals surface area contributed by atoms with Crippen molar-refractivity contribution in [2.75, 3.05) is 33.3 Å². The molecule has 3 nitrogen and oxygen atoms in total. The predicted octanol–water partition coefficient (Wildman–Crippen LogP) is 1.91. The van der Waals surface area contributed by atoms with Crippen LogP contribution in [0.1, 0.15) is 18.5 Å². The molecule has 0 aliphatic carbocycles. The molecule has 1 aromatic carbocycles. The van der Waals surface area contributed by atoms with E-state index < -0.39 is 0 Å². The van der Waals surface area contributed by atoms with Crippen LogP contribution >= 0.6 is 0 Å². The van der Waals surface area contributed by atoms with E-state index in [1.165, 1.54) is 31.7 Å². The average molecular weight is 246 g/mol. The lowest BCUT2D eigenvalue weighted by Gasteiger charge is -2.26. The van der Waals surface area contributed by atoms with Crippen LogP contribution in [0.2, 0.25) is 0 Å². The minimum atomic E-state index is 0.451. The molecule has 0 aromatic heterocycles. The lowest BCUT2D eigenvalue weighted by atomic mass is 10.0. The zero-order chi connectivity index (χ0) is 12.5. The number of methoxy groups -OCH3 is 1. The fraction of sp³-hybridized carbons (Fsp3) is 0.600. The summed E-state index contributed by atoms with van der Waals surface area (Å²) >= 11 is 0. The van der Waals surface area contributed by atoms with Crippen LogP contribution in [-0.4, -0.2) is 38.2 Å². The minimum absolute atomic E-state index is 0.451.